The summed E-state index contributed by atoms with van der Waals surface area (Å²) in [7, 11) is 4.09. The van der Waals surface area contributed by atoms with Crippen molar-refractivity contribution in [3.63, 3.8) is 0 Å². The molecule has 2 aromatic rings. The van der Waals surface area contributed by atoms with E-state index in [0.717, 1.165) is 29.7 Å². The van der Waals surface area contributed by atoms with E-state index in [0.29, 0.717) is 6.54 Å². The summed E-state index contributed by atoms with van der Waals surface area (Å²) in [5.41, 5.74) is 11.2. The van der Waals surface area contributed by atoms with E-state index < -0.39 is 0 Å². The molecule has 0 bridgehead atoms. The predicted molar refractivity (Wildman–Crippen MR) is 88.0 cm³/mol. The molecule has 0 heterocycles. The zero-order chi connectivity index (χ0) is 15.2. The fourth-order valence-electron chi connectivity index (χ4n) is 2.54. The molecule has 0 aromatic heterocycles. The predicted octanol–water partition coefficient (Wildman–Crippen LogP) is 2.41. The van der Waals surface area contributed by atoms with Crippen LogP contribution in [-0.4, -0.2) is 30.6 Å². The van der Waals surface area contributed by atoms with Crippen molar-refractivity contribution in [2.24, 2.45) is 5.73 Å². The van der Waals surface area contributed by atoms with Crippen molar-refractivity contribution in [3.05, 3.63) is 59.2 Å². The molecule has 0 aliphatic rings. The first kappa shape index (κ1) is 15.7. The largest absolute Gasteiger partial charge is 0.392 e. The Kier molecular flexibility index (Phi) is 5.51. The molecule has 0 unspecified atom stereocenters. The lowest BCUT2D eigenvalue weighted by atomic mass is 9.96. The van der Waals surface area contributed by atoms with Gasteiger partial charge in [0.25, 0.3) is 0 Å². The first-order valence-electron chi connectivity index (χ1n) is 7.31. The molecule has 2 rings (SSSR count). The minimum Gasteiger partial charge on any atom is -0.392 e. The summed E-state index contributed by atoms with van der Waals surface area (Å²) in [6.07, 6.45) is 0.898. The molecule has 112 valence electrons. The Balaban J connectivity index is 2.29. The van der Waals surface area contributed by atoms with E-state index in [1.807, 2.05) is 14.1 Å². The second-order valence-corrected chi connectivity index (χ2v) is 5.62. The summed E-state index contributed by atoms with van der Waals surface area (Å²) in [6.45, 7) is 1.60. The van der Waals surface area contributed by atoms with Gasteiger partial charge in [-0.3, -0.25) is 0 Å². The first-order chi connectivity index (χ1) is 10.1. The summed E-state index contributed by atoms with van der Waals surface area (Å²) in [5.74, 6) is 0. The number of aliphatic hydroxyl groups excluding tert-OH is 1. The number of hydrogen-bond acceptors (Lipinski definition) is 3. The maximum absolute atomic E-state index is 9.65. The summed E-state index contributed by atoms with van der Waals surface area (Å²) in [5, 5.41) is 9.65. The second-order valence-electron chi connectivity index (χ2n) is 5.62. The molecule has 21 heavy (non-hydrogen) atoms. The molecule has 0 radical (unpaired) electrons. The van der Waals surface area contributed by atoms with Crippen LogP contribution in [0.3, 0.4) is 0 Å². The van der Waals surface area contributed by atoms with Crippen LogP contribution >= 0.6 is 0 Å². The van der Waals surface area contributed by atoms with Crippen LogP contribution in [0.2, 0.25) is 0 Å². The highest BCUT2D eigenvalue weighted by Crippen LogP contribution is 2.26. The summed E-state index contributed by atoms with van der Waals surface area (Å²) < 4.78 is 0. The third kappa shape index (κ3) is 4.14. The normalized spacial score (nSPS) is 11.1. The number of nitrogens with zero attached hydrogens (tertiary/aromatic N) is 1. The maximum atomic E-state index is 9.65. The number of hydrogen-bond donors (Lipinski definition) is 2. The number of nitrogens with two attached hydrogens (primary N) is 1. The van der Waals surface area contributed by atoms with Crippen LogP contribution < -0.4 is 5.73 Å². The quantitative estimate of drug-likeness (QED) is 0.856. The highest BCUT2D eigenvalue weighted by Gasteiger charge is 2.06. The summed E-state index contributed by atoms with van der Waals surface area (Å²) >= 11 is 0. The van der Waals surface area contributed by atoms with Gasteiger partial charge in [0.2, 0.25) is 0 Å². The number of benzene rings is 2. The smallest absolute Gasteiger partial charge is 0.0687 e. The van der Waals surface area contributed by atoms with Crippen LogP contribution in [0.5, 0.6) is 0 Å². The highest BCUT2D eigenvalue weighted by atomic mass is 16.3. The molecule has 3 N–H and O–H groups in total. The van der Waals surface area contributed by atoms with Gasteiger partial charge >= 0.3 is 0 Å². The molecule has 3 nitrogen and oxygen atoms in total. The average molecular weight is 284 g/mol. The van der Waals surface area contributed by atoms with Crippen LogP contribution in [0, 0.1) is 0 Å². The molecular weight excluding hydrogens is 260 g/mol. The fourth-order valence-corrected chi connectivity index (χ4v) is 2.54. The van der Waals surface area contributed by atoms with Gasteiger partial charge in [0.05, 0.1) is 6.61 Å². The van der Waals surface area contributed by atoms with Crippen molar-refractivity contribution < 1.29 is 5.11 Å². The lowest BCUT2D eigenvalue weighted by Crippen LogP contribution is -2.11. The van der Waals surface area contributed by atoms with Gasteiger partial charge in [0.15, 0.2) is 0 Å². The molecule has 0 saturated heterocycles. The van der Waals surface area contributed by atoms with Crippen molar-refractivity contribution in [1.82, 2.24) is 4.90 Å². The molecule has 0 aliphatic heterocycles. The fraction of sp³-hybridized carbons (Fsp3) is 0.333. The lowest BCUT2D eigenvalue weighted by molar-refractivity contribution is 0.282. The van der Waals surface area contributed by atoms with Crippen molar-refractivity contribution in [3.8, 4) is 11.1 Å². The summed E-state index contributed by atoms with van der Waals surface area (Å²) in [4.78, 5) is 2.12. The standard InChI is InChI=1S/C18H24N2O/c1-20(2)12-15-5-8-18(17(11-15)13-21)16-6-3-14(4-7-16)9-10-19/h3-8,11,21H,9-10,12-13,19H2,1-2H3. The molecule has 3 heteroatoms. The molecule has 0 atom stereocenters. The van der Waals surface area contributed by atoms with E-state index in [1.165, 1.54) is 11.1 Å². The Morgan fingerprint density at radius 1 is 1.00 bits per heavy atom. The minimum atomic E-state index is 0.0567. The number of aliphatic hydroxyl groups is 1. The third-order valence-electron chi connectivity index (χ3n) is 3.54. The van der Waals surface area contributed by atoms with Crippen LogP contribution in [0.1, 0.15) is 16.7 Å². The van der Waals surface area contributed by atoms with E-state index in [4.69, 9.17) is 5.73 Å². The first-order valence-corrected chi connectivity index (χ1v) is 7.31. The van der Waals surface area contributed by atoms with Gasteiger partial charge in [-0.1, -0.05) is 42.5 Å². The number of rotatable bonds is 6. The molecule has 0 spiro atoms. The third-order valence-corrected chi connectivity index (χ3v) is 3.54. The van der Waals surface area contributed by atoms with Crippen LogP contribution in [0.25, 0.3) is 11.1 Å². The molecule has 2 aromatic carbocycles. The molecule has 0 amide bonds. The molecule has 0 aliphatic carbocycles. The molecule has 0 fully saturated rings. The van der Waals surface area contributed by atoms with Crippen molar-refractivity contribution in [2.45, 2.75) is 19.6 Å². The molecular formula is C18H24N2O. The monoisotopic (exact) mass is 284 g/mol. The topological polar surface area (TPSA) is 49.5 Å². The van der Waals surface area contributed by atoms with Gasteiger partial charge in [-0.25, -0.2) is 0 Å². The van der Waals surface area contributed by atoms with Crippen LogP contribution in [0.15, 0.2) is 42.5 Å². The minimum absolute atomic E-state index is 0.0567. The van der Waals surface area contributed by atoms with Crippen molar-refractivity contribution >= 4 is 0 Å². The van der Waals surface area contributed by atoms with E-state index in [-0.39, 0.29) is 6.61 Å². The van der Waals surface area contributed by atoms with Crippen molar-refractivity contribution in [1.29, 1.82) is 0 Å². The lowest BCUT2D eigenvalue weighted by Gasteiger charge is -2.14. The van der Waals surface area contributed by atoms with Gasteiger partial charge in [0.1, 0.15) is 0 Å². The van der Waals surface area contributed by atoms with E-state index in [2.05, 4.69) is 47.4 Å². The Bertz CT molecular complexity index is 576. The zero-order valence-electron chi connectivity index (χ0n) is 12.8. The van der Waals surface area contributed by atoms with E-state index in [1.54, 1.807) is 0 Å². The van der Waals surface area contributed by atoms with E-state index >= 15 is 0 Å². The van der Waals surface area contributed by atoms with Crippen LogP contribution in [0.4, 0.5) is 0 Å². The zero-order valence-corrected chi connectivity index (χ0v) is 12.8. The Hall–Kier alpha value is -1.68. The molecule has 0 saturated carbocycles. The Labute approximate surface area is 127 Å². The van der Waals surface area contributed by atoms with Crippen LogP contribution in [-0.2, 0) is 19.6 Å². The maximum Gasteiger partial charge on any atom is 0.0687 e. The Morgan fingerprint density at radius 3 is 2.24 bits per heavy atom. The SMILES string of the molecule is CN(C)Cc1ccc(-c2ccc(CCN)cc2)c(CO)c1. The second kappa shape index (κ2) is 7.36. The highest BCUT2D eigenvalue weighted by molar-refractivity contribution is 5.68. The Morgan fingerprint density at radius 2 is 1.67 bits per heavy atom. The van der Waals surface area contributed by atoms with Gasteiger partial charge in [-0.05, 0) is 54.9 Å². The van der Waals surface area contributed by atoms with Crippen molar-refractivity contribution in [2.75, 3.05) is 20.6 Å². The van der Waals surface area contributed by atoms with E-state index in [9.17, 15) is 5.11 Å². The average Bonchev–Trinajstić information content (AvgIpc) is 2.48. The van der Waals surface area contributed by atoms with Gasteiger partial charge in [-0.15, -0.1) is 0 Å². The van der Waals surface area contributed by atoms with Gasteiger partial charge in [-0.2, -0.15) is 0 Å². The van der Waals surface area contributed by atoms with Gasteiger partial charge in [0, 0.05) is 6.54 Å². The van der Waals surface area contributed by atoms with Gasteiger partial charge < -0.3 is 15.7 Å². The summed E-state index contributed by atoms with van der Waals surface area (Å²) in [6, 6.07) is 14.7.